The van der Waals surface area contributed by atoms with Gasteiger partial charge >= 0.3 is 6.03 Å². The van der Waals surface area contributed by atoms with E-state index in [1.54, 1.807) is 53.1 Å². The summed E-state index contributed by atoms with van der Waals surface area (Å²) in [7, 11) is 0. The standard InChI is InChI=1S/C19H19ClFN3O2/c1-13-5-6-14(11-17(13)21)18(25)23-7-9-24(10-8-23)19(26)22-16-4-2-3-15(20)12-16/h2-6,11-12H,7-10H2,1H3,(H,22,26). The molecule has 1 aliphatic heterocycles. The van der Waals surface area contributed by atoms with Gasteiger partial charge in [0.1, 0.15) is 5.82 Å². The fraction of sp³-hybridized carbons (Fsp3) is 0.263. The Bertz CT molecular complexity index is 835. The minimum absolute atomic E-state index is 0.223. The number of carbonyl (C=O) groups is 2. The number of urea groups is 1. The van der Waals surface area contributed by atoms with Gasteiger partial charge in [-0.15, -0.1) is 0 Å². The van der Waals surface area contributed by atoms with Gasteiger partial charge in [-0.05, 0) is 42.8 Å². The Morgan fingerprint density at radius 2 is 1.73 bits per heavy atom. The highest BCUT2D eigenvalue weighted by Gasteiger charge is 2.25. The highest BCUT2D eigenvalue weighted by atomic mass is 35.5. The van der Waals surface area contributed by atoms with Crippen molar-refractivity contribution in [2.24, 2.45) is 0 Å². The van der Waals surface area contributed by atoms with Gasteiger partial charge in [0.05, 0.1) is 0 Å². The van der Waals surface area contributed by atoms with E-state index in [9.17, 15) is 14.0 Å². The maximum Gasteiger partial charge on any atom is 0.321 e. The van der Waals surface area contributed by atoms with Crippen molar-refractivity contribution in [2.75, 3.05) is 31.5 Å². The molecule has 1 fully saturated rings. The highest BCUT2D eigenvalue weighted by Crippen LogP contribution is 2.17. The fourth-order valence-electron chi connectivity index (χ4n) is 2.79. The van der Waals surface area contributed by atoms with Crippen LogP contribution in [0.3, 0.4) is 0 Å². The Morgan fingerprint density at radius 3 is 2.38 bits per heavy atom. The van der Waals surface area contributed by atoms with Crippen molar-refractivity contribution in [2.45, 2.75) is 6.92 Å². The summed E-state index contributed by atoms with van der Waals surface area (Å²) in [5, 5.41) is 3.34. The molecule has 0 bridgehead atoms. The number of anilines is 1. The molecule has 0 atom stereocenters. The lowest BCUT2D eigenvalue weighted by molar-refractivity contribution is 0.0671. The number of benzene rings is 2. The number of hydrogen-bond acceptors (Lipinski definition) is 2. The fourth-order valence-corrected chi connectivity index (χ4v) is 2.98. The molecule has 0 aliphatic carbocycles. The van der Waals surface area contributed by atoms with E-state index in [0.29, 0.717) is 48.0 Å². The maximum absolute atomic E-state index is 13.7. The van der Waals surface area contributed by atoms with Crippen LogP contribution in [0.25, 0.3) is 0 Å². The maximum atomic E-state index is 13.7. The molecule has 1 N–H and O–H groups in total. The zero-order valence-electron chi connectivity index (χ0n) is 14.3. The quantitative estimate of drug-likeness (QED) is 0.868. The second-order valence-electron chi connectivity index (χ2n) is 6.18. The van der Waals surface area contributed by atoms with E-state index in [0.717, 1.165) is 0 Å². The molecule has 2 aromatic carbocycles. The van der Waals surface area contributed by atoms with E-state index < -0.39 is 5.82 Å². The minimum atomic E-state index is -0.393. The zero-order valence-corrected chi connectivity index (χ0v) is 15.1. The average Bonchev–Trinajstić information content (AvgIpc) is 2.63. The molecule has 1 saturated heterocycles. The number of aryl methyl sites for hydroxylation is 1. The van der Waals surface area contributed by atoms with Gasteiger partial charge in [-0.2, -0.15) is 0 Å². The molecule has 0 unspecified atom stereocenters. The molecular formula is C19H19ClFN3O2. The minimum Gasteiger partial charge on any atom is -0.335 e. The van der Waals surface area contributed by atoms with Crippen LogP contribution in [-0.2, 0) is 0 Å². The molecule has 2 aromatic rings. The van der Waals surface area contributed by atoms with Gasteiger partial charge in [0.2, 0.25) is 0 Å². The van der Waals surface area contributed by atoms with Gasteiger partial charge in [0.15, 0.2) is 0 Å². The van der Waals surface area contributed by atoms with E-state index in [4.69, 9.17) is 11.6 Å². The number of hydrogen-bond donors (Lipinski definition) is 1. The van der Waals surface area contributed by atoms with Gasteiger partial charge in [-0.1, -0.05) is 23.7 Å². The topological polar surface area (TPSA) is 52.7 Å². The lowest BCUT2D eigenvalue weighted by Crippen LogP contribution is -2.51. The van der Waals surface area contributed by atoms with Crippen LogP contribution in [0.2, 0.25) is 5.02 Å². The molecule has 136 valence electrons. The number of rotatable bonds is 2. The summed E-state index contributed by atoms with van der Waals surface area (Å²) >= 11 is 5.91. The van der Waals surface area contributed by atoms with Crippen LogP contribution in [0.5, 0.6) is 0 Å². The molecule has 3 rings (SSSR count). The third-order valence-electron chi connectivity index (χ3n) is 4.35. The molecule has 1 heterocycles. The second kappa shape index (κ2) is 7.74. The summed E-state index contributed by atoms with van der Waals surface area (Å²) in [5.41, 5.74) is 1.45. The van der Waals surface area contributed by atoms with Crippen molar-refractivity contribution in [3.63, 3.8) is 0 Å². The van der Waals surface area contributed by atoms with Gasteiger partial charge < -0.3 is 15.1 Å². The van der Waals surface area contributed by atoms with Crippen LogP contribution < -0.4 is 5.32 Å². The van der Waals surface area contributed by atoms with E-state index >= 15 is 0 Å². The van der Waals surface area contributed by atoms with E-state index in [-0.39, 0.29) is 11.9 Å². The van der Waals surface area contributed by atoms with Crippen LogP contribution >= 0.6 is 11.6 Å². The van der Waals surface area contributed by atoms with Crippen LogP contribution in [0.1, 0.15) is 15.9 Å². The van der Waals surface area contributed by atoms with Gasteiger partial charge in [0, 0.05) is 42.5 Å². The number of carbonyl (C=O) groups excluding carboxylic acids is 2. The second-order valence-corrected chi connectivity index (χ2v) is 6.62. The summed E-state index contributed by atoms with van der Waals surface area (Å²) in [6, 6.07) is 11.2. The molecule has 5 nitrogen and oxygen atoms in total. The average molecular weight is 376 g/mol. The Morgan fingerprint density at radius 1 is 1.04 bits per heavy atom. The summed E-state index contributed by atoms with van der Waals surface area (Å²) in [6.45, 7) is 3.27. The third-order valence-corrected chi connectivity index (χ3v) is 4.58. The summed E-state index contributed by atoms with van der Waals surface area (Å²) in [6.07, 6.45) is 0. The van der Waals surface area contributed by atoms with E-state index in [2.05, 4.69) is 5.32 Å². The number of nitrogens with one attached hydrogen (secondary N) is 1. The molecule has 0 spiro atoms. The molecule has 7 heteroatoms. The molecule has 0 radical (unpaired) electrons. The van der Waals surface area contributed by atoms with Crippen molar-refractivity contribution < 1.29 is 14.0 Å². The lowest BCUT2D eigenvalue weighted by Gasteiger charge is -2.34. The predicted octanol–water partition coefficient (Wildman–Crippen LogP) is 3.78. The highest BCUT2D eigenvalue weighted by molar-refractivity contribution is 6.30. The van der Waals surface area contributed by atoms with Crippen LogP contribution in [0.4, 0.5) is 14.9 Å². The van der Waals surface area contributed by atoms with Crippen LogP contribution in [0.15, 0.2) is 42.5 Å². The molecule has 26 heavy (non-hydrogen) atoms. The predicted molar refractivity (Wildman–Crippen MR) is 99.1 cm³/mol. The number of amides is 3. The van der Waals surface area contributed by atoms with E-state index in [1.807, 2.05) is 0 Å². The first-order valence-electron chi connectivity index (χ1n) is 8.31. The van der Waals surface area contributed by atoms with Crippen LogP contribution in [-0.4, -0.2) is 47.9 Å². The first-order valence-corrected chi connectivity index (χ1v) is 8.69. The number of piperazine rings is 1. The summed E-state index contributed by atoms with van der Waals surface area (Å²) in [5.74, 6) is -0.616. The Hall–Kier alpha value is -2.60. The van der Waals surface area contributed by atoms with Crippen molar-refractivity contribution in [1.29, 1.82) is 0 Å². The van der Waals surface area contributed by atoms with Crippen LogP contribution in [0, 0.1) is 12.7 Å². The normalized spacial score (nSPS) is 14.3. The Labute approximate surface area is 156 Å². The molecule has 3 amide bonds. The summed E-state index contributed by atoms with van der Waals surface area (Å²) < 4.78 is 13.7. The smallest absolute Gasteiger partial charge is 0.321 e. The van der Waals surface area contributed by atoms with Gasteiger partial charge in [-0.25, -0.2) is 9.18 Å². The number of halogens is 2. The SMILES string of the molecule is Cc1ccc(C(=O)N2CCN(C(=O)Nc3cccc(Cl)c3)CC2)cc1F. The first kappa shape index (κ1) is 18.2. The van der Waals surface area contributed by atoms with Crippen molar-refractivity contribution >= 4 is 29.2 Å². The van der Waals surface area contributed by atoms with Crippen molar-refractivity contribution in [3.05, 3.63) is 64.4 Å². The van der Waals surface area contributed by atoms with Crippen molar-refractivity contribution in [3.8, 4) is 0 Å². The van der Waals surface area contributed by atoms with Gasteiger partial charge in [0.25, 0.3) is 5.91 Å². The largest absolute Gasteiger partial charge is 0.335 e. The van der Waals surface area contributed by atoms with Crippen molar-refractivity contribution in [1.82, 2.24) is 9.80 Å². The number of nitrogens with zero attached hydrogens (tertiary/aromatic N) is 2. The summed E-state index contributed by atoms with van der Waals surface area (Å²) in [4.78, 5) is 28.1. The lowest BCUT2D eigenvalue weighted by atomic mass is 10.1. The van der Waals surface area contributed by atoms with Gasteiger partial charge in [-0.3, -0.25) is 4.79 Å². The molecular weight excluding hydrogens is 357 g/mol. The molecule has 0 saturated carbocycles. The molecule has 0 aromatic heterocycles. The Balaban J connectivity index is 1.57. The third kappa shape index (κ3) is 4.14. The molecule has 1 aliphatic rings. The monoisotopic (exact) mass is 375 g/mol. The zero-order chi connectivity index (χ0) is 18.7. The Kier molecular flexibility index (Phi) is 5.42. The first-order chi connectivity index (χ1) is 12.4. The van der Waals surface area contributed by atoms with E-state index in [1.165, 1.54) is 6.07 Å².